The highest BCUT2D eigenvalue weighted by atomic mass is 35.5. The van der Waals surface area contributed by atoms with Crippen LogP contribution < -0.4 is 5.56 Å². The molecule has 0 fully saturated rings. The normalized spacial score (nSPS) is 10.5. The zero-order valence-electron chi connectivity index (χ0n) is 8.00. The van der Waals surface area contributed by atoms with Crippen molar-refractivity contribution < 1.29 is 4.79 Å². The second-order valence-corrected chi connectivity index (χ2v) is 3.74. The monoisotopic (exact) mass is 221 g/mol. The molecule has 1 N–H and O–H groups in total. The molecule has 0 atom stereocenters. The van der Waals surface area contributed by atoms with Gasteiger partial charge in [0.2, 0.25) is 0 Å². The summed E-state index contributed by atoms with van der Waals surface area (Å²) in [5, 5.41) is 1.37. The van der Waals surface area contributed by atoms with Crippen molar-refractivity contribution in [1.82, 2.24) is 4.98 Å². The molecule has 15 heavy (non-hydrogen) atoms. The first-order valence-electron chi connectivity index (χ1n) is 4.41. The molecule has 0 radical (unpaired) electrons. The fourth-order valence-electron chi connectivity index (χ4n) is 1.58. The molecule has 2 rings (SSSR count). The van der Waals surface area contributed by atoms with Gasteiger partial charge in [0.25, 0.3) is 5.56 Å². The van der Waals surface area contributed by atoms with Gasteiger partial charge in [0.15, 0.2) is 6.29 Å². The van der Waals surface area contributed by atoms with Gasteiger partial charge in [0, 0.05) is 15.9 Å². The van der Waals surface area contributed by atoms with E-state index in [0.717, 1.165) is 5.39 Å². The Morgan fingerprint density at radius 3 is 2.80 bits per heavy atom. The van der Waals surface area contributed by atoms with E-state index in [1.54, 1.807) is 25.1 Å². The van der Waals surface area contributed by atoms with E-state index in [4.69, 9.17) is 11.6 Å². The second-order valence-electron chi connectivity index (χ2n) is 3.30. The van der Waals surface area contributed by atoms with Crippen LogP contribution in [0.4, 0.5) is 0 Å². The van der Waals surface area contributed by atoms with Crippen LogP contribution in [0.2, 0.25) is 5.02 Å². The minimum Gasteiger partial charge on any atom is -0.321 e. The number of aryl methyl sites for hydroxylation is 1. The predicted octanol–water partition coefficient (Wildman–Crippen LogP) is 2.30. The summed E-state index contributed by atoms with van der Waals surface area (Å²) >= 11 is 5.85. The number of aromatic nitrogens is 1. The number of halogens is 1. The van der Waals surface area contributed by atoms with Gasteiger partial charge >= 0.3 is 0 Å². The number of hydrogen-bond acceptors (Lipinski definition) is 2. The van der Waals surface area contributed by atoms with Crippen LogP contribution >= 0.6 is 11.6 Å². The van der Waals surface area contributed by atoms with Crippen molar-refractivity contribution in [1.29, 1.82) is 0 Å². The topological polar surface area (TPSA) is 49.9 Å². The highest BCUT2D eigenvalue weighted by Gasteiger charge is 2.07. The largest absolute Gasteiger partial charge is 0.321 e. The number of benzene rings is 1. The molecule has 4 heteroatoms. The van der Waals surface area contributed by atoms with E-state index >= 15 is 0 Å². The van der Waals surface area contributed by atoms with Gasteiger partial charge in [0.1, 0.15) is 0 Å². The smallest absolute Gasteiger partial charge is 0.259 e. The lowest BCUT2D eigenvalue weighted by Crippen LogP contribution is -2.13. The number of carbonyl (C=O) groups excluding carboxylic acids is 1. The molecular formula is C11H8ClNO2. The minimum absolute atomic E-state index is 0.157. The molecule has 0 aliphatic rings. The van der Waals surface area contributed by atoms with Gasteiger partial charge in [0.05, 0.1) is 5.56 Å². The van der Waals surface area contributed by atoms with E-state index in [0.29, 0.717) is 22.4 Å². The van der Waals surface area contributed by atoms with Crippen LogP contribution in [-0.2, 0) is 0 Å². The van der Waals surface area contributed by atoms with E-state index in [1.165, 1.54) is 0 Å². The van der Waals surface area contributed by atoms with Crippen LogP contribution in [0.25, 0.3) is 10.9 Å². The van der Waals surface area contributed by atoms with Gasteiger partial charge < -0.3 is 4.98 Å². The lowest BCUT2D eigenvalue weighted by molar-refractivity contribution is 0.112. The van der Waals surface area contributed by atoms with E-state index < -0.39 is 0 Å². The first-order valence-corrected chi connectivity index (χ1v) is 4.78. The molecule has 1 aromatic carbocycles. The predicted molar refractivity (Wildman–Crippen MR) is 59.7 cm³/mol. The summed E-state index contributed by atoms with van der Waals surface area (Å²) < 4.78 is 0. The Morgan fingerprint density at radius 1 is 1.40 bits per heavy atom. The van der Waals surface area contributed by atoms with Gasteiger partial charge in [-0.15, -0.1) is 0 Å². The Morgan fingerprint density at radius 2 is 2.13 bits per heavy atom. The maximum absolute atomic E-state index is 11.5. The quantitative estimate of drug-likeness (QED) is 0.752. The Balaban J connectivity index is 2.98. The van der Waals surface area contributed by atoms with Gasteiger partial charge in [-0.05, 0) is 30.7 Å². The molecule has 0 aliphatic carbocycles. The molecular weight excluding hydrogens is 214 g/mol. The van der Waals surface area contributed by atoms with Crippen LogP contribution in [-0.4, -0.2) is 11.3 Å². The van der Waals surface area contributed by atoms with Crippen LogP contribution in [0.1, 0.15) is 15.9 Å². The molecule has 0 spiro atoms. The Kier molecular flexibility index (Phi) is 2.32. The number of aldehydes is 1. The summed E-state index contributed by atoms with van der Waals surface area (Å²) in [7, 11) is 0. The number of hydrogen-bond donors (Lipinski definition) is 1. The van der Waals surface area contributed by atoms with E-state index in [-0.39, 0.29) is 11.1 Å². The Labute approximate surface area is 90.7 Å². The fourth-order valence-corrected chi connectivity index (χ4v) is 1.75. The van der Waals surface area contributed by atoms with Crippen molar-refractivity contribution in [2.75, 3.05) is 0 Å². The highest BCUT2D eigenvalue weighted by molar-refractivity contribution is 6.31. The molecule has 0 saturated heterocycles. The summed E-state index contributed by atoms with van der Waals surface area (Å²) in [6, 6.07) is 5.15. The molecule has 76 valence electrons. The van der Waals surface area contributed by atoms with Gasteiger partial charge in [-0.3, -0.25) is 9.59 Å². The van der Waals surface area contributed by atoms with Gasteiger partial charge in [-0.2, -0.15) is 0 Å². The number of fused-ring (bicyclic) bond motifs is 1. The molecule has 0 unspecified atom stereocenters. The van der Waals surface area contributed by atoms with Crippen LogP contribution in [0.5, 0.6) is 0 Å². The van der Waals surface area contributed by atoms with Crippen molar-refractivity contribution >= 4 is 28.8 Å². The molecule has 0 amide bonds. The van der Waals surface area contributed by atoms with Crippen LogP contribution in [0.15, 0.2) is 23.0 Å². The Bertz CT molecular complexity index is 601. The third kappa shape index (κ3) is 1.55. The van der Waals surface area contributed by atoms with Crippen LogP contribution in [0.3, 0.4) is 0 Å². The number of nitrogens with one attached hydrogen (secondary N) is 1. The third-order valence-corrected chi connectivity index (χ3v) is 2.64. The first-order chi connectivity index (χ1) is 7.13. The summed E-state index contributed by atoms with van der Waals surface area (Å²) in [4.78, 5) is 24.8. The van der Waals surface area contributed by atoms with Gasteiger partial charge in [-0.25, -0.2) is 0 Å². The Hall–Kier alpha value is -1.61. The lowest BCUT2D eigenvalue weighted by Gasteiger charge is -2.04. The summed E-state index contributed by atoms with van der Waals surface area (Å²) in [6.45, 7) is 1.73. The molecule has 1 aromatic heterocycles. The summed E-state index contributed by atoms with van der Waals surface area (Å²) in [5.74, 6) is 0. The number of carbonyl (C=O) groups is 1. The van der Waals surface area contributed by atoms with Crippen molar-refractivity contribution in [3.05, 3.63) is 44.7 Å². The molecule has 2 aromatic rings. The lowest BCUT2D eigenvalue weighted by atomic mass is 10.1. The highest BCUT2D eigenvalue weighted by Crippen LogP contribution is 2.20. The fraction of sp³-hybridized carbons (Fsp3) is 0.0909. The average molecular weight is 222 g/mol. The van der Waals surface area contributed by atoms with Crippen molar-refractivity contribution in [3.8, 4) is 0 Å². The zero-order valence-corrected chi connectivity index (χ0v) is 8.76. The van der Waals surface area contributed by atoms with Crippen molar-refractivity contribution in [2.24, 2.45) is 0 Å². The maximum atomic E-state index is 11.5. The molecule has 0 bridgehead atoms. The third-order valence-electron chi connectivity index (χ3n) is 2.40. The van der Waals surface area contributed by atoms with E-state index in [2.05, 4.69) is 4.98 Å². The minimum atomic E-state index is -0.364. The van der Waals surface area contributed by atoms with Crippen molar-refractivity contribution in [3.63, 3.8) is 0 Å². The number of aromatic amines is 1. The standard InChI is InChI=1S/C11H8ClNO2/c1-6-8-4-7(12)2-3-10(8)13-11(15)9(6)5-14/h2-5H,1H3,(H,13,15). The molecule has 1 heterocycles. The van der Waals surface area contributed by atoms with E-state index in [9.17, 15) is 9.59 Å². The second kappa shape index (κ2) is 3.51. The summed E-state index contributed by atoms with van der Waals surface area (Å²) in [6.07, 6.45) is 0.564. The number of H-pyrrole nitrogens is 1. The van der Waals surface area contributed by atoms with E-state index in [1.807, 2.05) is 0 Å². The average Bonchev–Trinajstić information content (AvgIpc) is 2.20. The first kappa shape index (κ1) is 9.93. The zero-order chi connectivity index (χ0) is 11.0. The molecule has 0 aliphatic heterocycles. The number of rotatable bonds is 1. The summed E-state index contributed by atoms with van der Waals surface area (Å²) in [5.41, 5.74) is 1.14. The maximum Gasteiger partial charge on any atom is 0.259 e. The van der Waals surface area contributed by atoms with Gasteiger partial charge in [-0.1, -0.05) is 11.6 Å². The van der Waals surface area contributed by atoms with Crippen LogP contribution in [0, 0.1) is 6.92 Å². The molecule has 0 saturated carbocycles. The number of pyridine rings is 1. The van der Waals surface area contributed by atoms with Crippen molar-refractivity contribution in [2.45, 2.75) is 6.92 Å². The SMILES string of the molecule is Cc1c(C=O)c(=O)[nH]c2ccc(Cl)cc12. The molecule has 3 nitrogen and oxygen atoms in total.